The van der Waals surface area contributed by atoms with Crippen LogP contribution in [0.4, 0.5) is 17.3 Å². The first-order valence-corrected chi connectivity index (χ1v) is 9.64. The lowest BCUT2D eigenvalue weighted by atomic mass is 10.2. The molecule has 0 bridgehead atoms. The van der Waals surface area contributed by atoms with Crippen LogP contribution in [-0.4, -0.2) is 66.0 Å². The van der Waals surface area contributed by atoms with Gasteiger partial charge in [0.05, 0.1) is 6.54 Å². The summed E-state index contributed by atoms with van der Waals surface area (Å²) >= 11 is 0. The molecule has 2 aromatic rings. The van der Waals surface area contributed by atoms with Gasteiger partial charge in [-0.3, -0.25) is 14.5 Å². The number of anilines is 3. The van der Waals surface area contributed by atoms with E-state index in [-0.39, 0.29) is 11.8 Å². The van der Waals surface area contributed by atoms with Crippen LogP contribution in [0.25, 0.3) is 0 Å². The molecule has 0 radical (unpaired) electrons. The van der Waals surface area contributed by atoms with Gasteiger partial charge in [-0.15, -0.1) is 0 Å². The van der Waals surface area contributed by atoms with Crippen LogP contribution in [0.5, 0.6) is 0 Å². The summed E-state index contributed by atoms with van der Waals surface area (Å²) in [5.74, 6) is 0.831. The van der Waals surface area contributed by atoms with Gasteiger partial charge in [-0.1, -0.05) is 6.07 Å². The van der Waals surface area contributed by atoms with E-state index in [1.807, 2.05) is 24.3 Å². The van der Waals surface area contributed by atoms with E-state index in [4.69, 9.17) is 0 Å². The summed E-state index contributed by atoms with van der Waals surface area (Å²) in [4.78, 5) is 39.0. The van der Waals surface area contributed by atoms with Gasteiger partial charge < -0.3 is 15.1 Å². The highest BCUT2D eigenvalue weighted by molar-refractivity contribution is 5.97. The van der Waals surface area contributed by atoms with Gasteiger partial charge in [0.25, 0.3) is 0 Å². The minimum atomic E-state index is -0.0469. The van der Waals surface area contributed by atoms with Gasteiger partial charge in [-0.05, 0) is 30.7 Å². The fourth-order valence-corrected chi connectivity index (χ4v) is 3.64. The van der Waals surface area contributed by atoms with E-state index in [9.17, 15) is 9.59 Å². The fourth-order valence-electron chi connectivity index (χ4n) is 3.64. The Balaban J connectivity index is 1.29. The molecule has 0 saturated carbocycles. The van der Waals surface area contributed by atoms with Crippen molar-refractivity contribution in [2.24, 2.45) is 0 Å². The molecule has 1 aromatic heterocycles. The number of benzene rings is 1. The number of carbonyl (C=O) groups is 2. The molecule has 1 N–H and O–H groups in total. The topological polar surface area (TPSA) is 81.7 Å². The van der Waals surface area contributed by atoms with Crippen LogP contribution in [0, 0.1) is 0 Å². The van der Waals surface area contributed by atoms with Gasteiger partial charge in [-0.25, -0.2) is 9.97 Å². The first-order chi connectivity index (χ1) is 13.7. The predicted molar refractivity (Wildman–Crippen MR) is 107 cm³/mol. The van der Waals surface area contributed by atoms with E-state index in [0.717, 1.165) is 56.5 Å². The molecule has 8 heteroatoms. The molecule has 146 valence electrons. The van der Waals surface area contributed by atoms with Gasteiger partial charge in [0, 0.05) is 62.9 Å². The van der Waals surface area contributed by atoms with Crippen molar-refractivity contribution in [3.63, 3.8) is 0 Å². The van der Waals surface area contributed by atoms with Crippen LogP contribution >= 0.6 is 0 Å². The third kappa shape index (κ3) is 4.28. The minimum Gasteiger partial charge on any atom is -0.338 e. The Morgan fingerprint density at radius 1 is 1.04 bits per heavy atom. The number of amides is 2. The Labute approximate surface area is 164 Å². The van der Waals surface area contributed by atoms with Crippen LogP contribution in [0.3, 0.4) is 0 Å². The molecule has 8 nitrogen and oxygen atoms in total. The summed E-state index contributed by atoms with van der Waals surface area (Å²) in [7, 11) is 0. The van der Waals surface area contributed by atoms with Crippen molar-refractivity contribution in [1.82, 2.24) is 14.9 Å². The van der Waals surface area contributed by atoms with E-state index >= 15 is 0 Å². The Hall–Kier alpha value is -3.00. The van der Waals surface area contributed by atoms with Gasteiger partial charge in [0.15, 0.2) is 0 Å². The molecular formula is C20H24N6O2. The molecule has 1 aromatic carbocycles. The Morgan fingerprint density at radius 3 is 2.54 bits per heavy atom. The van der Waals surface area contributed by atoms with Crippen molar-refractivity contribution < 1.29 is 9.59 Å². The number of nitrogens with one attached hydrogen (secondary N) is 1. The van der Waals surface area contributed by atoms with Crippen molar-refractivity contribution in [3.8, 4) is 0 Å². The number of rotatable bonds is 5. The lowest BCUT2D eigenvalue weighted by Crippen LogP contribution is -2.49. The minimum absolute atomic E-state index is 0.0469. The maximum atomic E-state index is 12.5. The second-order valence-corrected chi connectivity index (χ2v) is 7.06. The SMILES string of the molecule is O=C(CN1CCN(c2ncccn2)CC1)Nc1cccc(N2CCCC2=O)c1. The molecule has 2 saturated heterocycles. The average Bonchev–Trinajstić information content (AvgIpc) is 3.15. The third-order valence-electron chi connectivity index (χ3n) is 5.09. The highest BCUT2D eigenvalue weighted by Crippen LogP contribution is 2.24. The lowest BCUT2D eigenvalue weighted by Gasteiger charge is -2.34. The zero-order valence-electron chi connectivity index (χ0n) is 15.8. The number of aromatic nitrogens is 2. The van der Waals surface area contributed by atoms with Crippen molar-refractivity contribution in [1.29, 1.82) is 0 Å². The number of piperazine rings is 1. The molecule has 0 aliphatic carbocycles. The second kappa shape index (κ2) is 8.35. The largest absolute Gasteiger partial charge is 0.338 e. The number of nitrogens with zero attached hydrogens (tertiary/aromatic N) is 5. The van der Waals surface area contributed by atoms with E-state index in [2.05, 4.69) is 25.1 Å². The van der Waals surface area contributed by atoms with Gasteiger partial charge >= 0.3 is 0 Å². The molecule has 2 aliphatic rings. The first kappa shape index (κ1) is 18.4. The van der Waals surface area contributed by atoms with Crippen LogP contribution in [0.1, 0.15) is 12.8 Å². The summed E-state index contributed by atoms with van der Waals surface area (Å²) in [6.45, 7) is 4.25. The molecule has 0 atom stereocenters. The Bertz CT molecular complexity index is 836. The molecule has 2 fully saturated rings. The summed E-state index contributed by atoms with van der Waals surface area (Å²) < 4.78 is 0. The van der Waals surface area contributed by atoms with Crippen molar-refractivity contribution in [2.75, 3.05) is 54.4 Å². The molecule has 0 spiro atoms. The zero-order chi connectivity index (χ0) is 19.3. The van der Waals surface area contributed by atoms with Crippen LogP contribution in [0.15, 0.2) is 42.7 Å². The van der Waals surface area contributed by atoms with E-state index < -0.39 is 0 Å². The molecule has 4 rings (SSSR count). The second-order valence-electron chi connectivity index (χ2n) is 7.06. The Kier molecular flexibility index (Phi) is 5.48. The predicted octanol–water partition coefficient (Wildman–Crippen LogP) is 1.36. The maximum Gasteiger partial charge on any atom is 0.238 e. The highest BCUT2D eigenvalue weighted by atomic mass is 16.2. The number of hydrogen-bond donors (Lipinski definition) is 1. The summed E-state index contributed by atoms with van der Waals surface area (Å²) in [5, 5.41) is 2.95. The smallest absolute Gasteiger partial charge is 0.238 e. The molecule has 0 unspecified atom stereocenters. The molecule has 2 amide bonds. The molecular weight excluding hydrogens is 356 g/mol. The van der Waals surface area contributed by atoms with Crippen LogP contribution < -0.4 is 15.1 Å². The maximum absolute atomic E-state index is 12.5. The molecule has 28 heavy (non-hydrogen) atoms. The van der Waals surface area contributed by atoms with Crippen molar-refractivity contribution in [2.45, 2.75) is 12.8 Å². The quantitative estimate of drug-likeness (QED) is 0.844. The van der Waals surface area contributed by atoms with Gasteiger partial charge in [0.1, 0.15) is 0 Å². The van der Waals surface area contributed by atoms with Gasteiger partial charge in [0.2, 0.25) is 17.8 Å². The highest BCUT2D eigenvalue weighted by Gasteiger charge is 2.23. The normalized spacial score (nSPS) is 17.8. The third-order valence-corrected chi connectivity index (χ3v) is 5.09. The van der Waals surface area contributed by atoms with Crippen LogP contribution in [-0.2, 0) is 9.59 Å². The standard InChI is InChI=1S/C20H24N6O2/c27-18(15-24-10-12-25(13-11-24)20-21-7-3-8-22-20)23-16-4-1-5-17(14-16)26-9-2-6-19(26)28/h1,3-5,7-8,14H,2,6,9-13,15H2,(H,23,27). The first-order valence-electron chi connectivity index (χ1n) is 9.64. The Morgan fingerprint density at radius 2 is 1.82 bits per heavy atom. The van der Waals surface area contributed by atoms with E-state index in [1.54, 1.807) is 23.4 Å². The number of carbonyl (C=O) groups excluding carboxylic acids is 2. The van der Waals surface area contributed by atoms with Gasteiger partial charge in [-0.2, -0.15) is 0 Å². The number of hydrogen-bond acceptors (Lipinski definition) is 6. The van der Waals surface area contributed by atoms with E-state index in [1.165, 1.54) is 0 Å². The zero-order valence-corrected chi connectivity index (χ0v) is 15.8. The summed E-state index contributed by atoms with van der Waals surface area (Å²) in [6.07, 6.45) is 4.96. The summed E-state index contributed by atoms with van der Waals surface area (Å²) in [5.41, 5.74) is 1.57. The van der Waals surface area contributed by atoms with E-state index in [0.29, 0.717) is 13.0 Å². The van der Waals surface area contributed by atoms with Crippen molar-refractivity contribution in [3.05, 3.63) is 42.7 Å². The monoisotopic (exact) mass is 380 g/mol. The molecule has 3 heterocycles. The molecule has 2 aliphatic heterocycles. The van der Waals surface area contributed by atoms with Crippen molar-refractivity contribution >= 4 is 29.1 Å². The lowest BCUT2D eigenvalue weighted by molar-refractivity contribution is -0.118. The van der Waals surface area contributed by atoms with Crippen LogP contribution in [0.2, 0.25) is 0 Å². The average molecular weight is 380 g/mol. The summed E-state index contributed by atoms with van der Waals surface area (Å²) in [6, 6.07) is 9.30. The fraction of sp³-hybridized carbons (Fsp3) is 0.400.